The average Bonchev–Trinajstić information content (AvgIpc) is 2.86. The summed E-state index contributed by atoms with van der Waals surface area (Å²) in [5, 5.41) is 0.598. The van der Waals surface area contributed by atoms with Crippen LogP contribution >= 0.6 is 11.6 Å². The van der Waals surface area contributed by atoms with E-state index in [1.54, 1.807) is 30.3 Å². The second kappa shape index (κ2) is 6.64. The van der Waals surface area contributed by atoms with Crippen LogP contribution in [-0.2, 0) is 11.3 Å². The molecule has 1 aliphatic heterocycles. The number of hydrogen-bond donors (Lipinski definition) is 0. The van der Waals surface area contributed by atoms with Crippen molar-refractivity contribution in [3.63, 3.8) is 0 Å². The molecule has 0 atom stereocenters. The van der Waals surface area contributed by atoms with Crippen molar-refractivity contribution in [1.82, 2.24) is 0 Å². The zero-order valence-corrected chi connectivity index (χ0v) is 14.7. The number of anilines is 1. The first-order chi connectivity index (χ1) is 12.0. The van der Waals surface area contributed by atoms with Crippen LogP contribution in [-0.4, -0.2) is 33.0 Å². The first-order valence-corrected chi connectivity index (χ1v) is 7.83. The molecular formula is C18H16ClNO5. The fourth-order valence-electron chi connectivity index (χ4n) is 2.84. The Morgan fingerprint density at radius 1 is 0.960 bits per heavy atom. The SMILES string of the molecule is COc1cc2c(c(OC)c1OC)C(=O)C(=O)N2Cc1ccc(Cl)cc1. The molecule has 7 heteroatoms. The van der Waals surface area contributed by atoms with Gasteiger partial charge in [-0.1, -0.05) is 23.7 Å². The molecule has 0 saturated heterocycles. The van der Waals surface area contributed by atoms with Gasteiger partial charge < -0.3 is 19.1 Å². The van der Waals surface area contributed by atoms with Gasteiger partial charge in [-0.2, -0.15) is 0 Å². The molecule has 2 aromatic carbocycles. The van der Waals surface area contributed by atoms with Crippen LogP contribution in [0, 0.1) is 0 Å². The molecule has 1 heterocycles. The van der Waals surface area contributed by atoms with Crippen molar-refractivity contribution < 1.29 is 23.8 Å². The monoisotopic (exact) mass is 361 g/mol. The zero-order chi connectivity index (χ0) is 18.1. The molecule has 1 aliphatic rings. The van der Waals surface area contributed by atoms with Crippen molar-refractivity contribution in [3.8, 4) is 17.2 Å². The molecule has 0 fully saturated rings. The van der Waals surface area contributed by atoms with Crippen LogP contribution in [0.15, 0.2) is 30.3 Å². The lowest BCUT2D eigenvalue weighted by Gasteiger charge is -2.19. The van der Waals surface area contributed by atoms with Gasteiger partial charge in [0, 0.05) is 11.1 Å². The fourth-order valence-corrected chi connectivity index (χ4v) is 2.97. The largest absolute Gasteiger partial charge is 0.493 e. The number of amides is 1. The van der Waals surface area contributed by atoms with Crippen molar-refractivity contribution in [3.05, 3.63) is 46.5 Å². The molecule has 25 heavy (non-hydrogen) atoms. The summed E-state index contributed by atoms with van der Waals surface area (Å²) in [6.45, 7) is 0.230. The molecule has 2 aromatic rings. The molecular weight excluding hydrogens is 346 g/mol. The average molecular weight is 362 g/mol. The van der Waals surface area contributed by atoms with E-state index >= 15 is 0 Å². The van der Waals surface area contributed by atoms with Gasteiger partial charge in [0.25, 0.3) is 11.7 Å². The fraction of sp³-hybridized carbons (Fsp3) is 0.222. The Hall–Kier alpha value is -2.73. The summed E-state index contributed by atoms with van der Waals surface area (Å²) in [4.78, 5) is 26.4. The Morgan fingerprint density at radius 2 is 1.60 bits per heavy atom. The number of methoxy groups -OCH3 is 3. The van der Waals surface area contributed by atoms with E-state index in [1.165, 1.54) is 26.2 Å². The second-order valence-corrected chi connectivity index (χ2v) is 5.82. The normalized spacial score (nSPS) is 13.0. The van der Waals surface area contributed by atoms with E-state index < -0.39 is 11.7 Å². The molecule has 0 bridgehead atoms. The first-order valence-electron chi connectivity index (χ1n) is 7.45. The lowest BCUT2D eigenvalue weighted by molar-refractivity contribution is -0.114. The number of ketones is 1. The Kier molecular flexibility index (Phi) is 4.55. The zero-order valence-electron chi connectivity index (χ0n) is 14.0. The van der Waals surface area contributed by atoms with Crippen LogP contribution < -0.4 is 19.1 Å². The van der Waals surface area contributed by atoms with Crippen molar-refractivity contribution >= 4 is 29.0 Å². The number of carbonyl (C=O) groups excluding carboxylic acids is 2. The van der Waals surface area contributed by atoms with Crippen molar-refractivity contribution in [2.75, 3.05) is 26.2 Å². The molecule has 130 valence electrons. The summed E-state index contributed by atoms with van der Waals surface area (Å²) in [5.74, 6) is -0.422. The number of Topliss-reactive ketones (excluding diaryl/α,β-unsaturated/α-hetero) is 1. The third-order valence-electron chi connectivity index (χ3n) is 4.02. The molecule has 0 radical (unpaired) electrons. The summed E-state index contributed by atoms with van der Waals surface area (Å²) >= 11 is 5.89. The first kappa shape index (κ1) is 17.1. The van der Waals surface area contributed by atoms with Crippen molar-refractivity contribution in [1.29, 1.82) is 0 Å². The highest BCUT2D eigenvalue weighted by Gasteiger charge is 2.41. The van der Waals surface area contributed by atoms with Crippen LogP contribution in [0.4, 0.5) is 5.69 Å². The summed E-state index contributed by atoms with van der Waals surface area (Å²) in [6, 6.07) is 8.67. The molecule has 0 N–H and O–H groups in total. The molecule has 0 aromatic heterocycles. The number of carbonyl (C=O) groups is 2. The maximum Gasteiger partial charge on any atom is 0.299 e. The van der Waals surface area contributed by atoms with E-state index in [4.69, 9.17) is 25.8 Å². The predicted molar refractivity (Wildman–Crippen MR) is 93.1 cm³/mol. The number of ether oxygens (including phenoxy) is 3. The molecule has 0 saturated carbocycles. The van der Waals surface area contributed by atoms with Crippen LogP contribution in [0.3, 0.4) is 0 Å². The lowest BCUT2D eigenvalue weighted by atomic mass is 10.1. The van der Waals surface area contributed by atoms with Gasteiger partial charge in [0.1, 0.15) is 0 Å². The predicted octanol–water partition coefficient (Wildman–Crippen LogP) is 3.10. The summed E-state index contributed by atoms with van der Waals surface area (Å²) in [5.41, 5.74) is 1.45. The van der Waals surface area contributed by atoms with Gasteiger partial charge in [0.15, 0.2) is 11.5 Å². The number of halogens is 1. The van der Waals surface area contributed by atoms with E-state index in [0.29, 0.717) is 16.5 Å². The molecule has 6 nitrogen and oxygen atoms in total. The molecule has 0 aliphatic carbocycles. The third kappa shape index (κ3) is 2.78. The lowest BCUT2D eigenvalue weighted by Crippen LogP contribution is -2.29. The minimum absolute atomic E-state index is 0.180. The highest BCUT2D eigenvalue weighted by Crippen LogP contribution is 2.48. The van der Waals surface area contributed by atoms with E-state index in [9.17, 15) is 9.59 Å². The minimum atomic E-state index is -0.637. The topological polar surface area (TPSA) is 65.1 Å². The number of benzene rings is 2. The van der Waals surface area contributed by atoms with Gasteiger partial charge >= 0.3 is 0 Å². The quantitative estimate of drug-likeness (QED) is 0.766. The highest BCUT2D eigenvalue weighted by atomic mass is 35.5. The Morgan fingerprint density at radius 3 is 2.16 bits per heavy atom. The van der Waals surface area contributed by atoms with Gasteiger partial charge in [-0.05, 0) is 17.7 Å². The van der Waals surface area contributed by atoms with E-state index in [1.807, 2.05) is 0 Å². The van der Waals surface area contributed by atoms with Crippen LogP contribution in [0.2, 0.25) is 5.02 Å². The van der Waals surface area contributed by atoms with Crippen LogP contribution in [0.25, 0.3) is 0 Å². The van der Waals surface area contributed by atoms with Crippen LogP contribution in [0.5, 0.6) is 17.2 Å². The van der Waals surface area contributed by atoms with E-state index in [-0.39, 0.29) is 23.6 Å². The number of rotatable bonds is 5. The van der Waals surface area contributed by atoms with E-state index in [0.717, 1.165) is 5.56 Å². The number of fused-ring (bicyclic) bond motifs is 1. The van der Waals surface area contributed by atoms with Crippen molar-refractivity contribution in [2.45, 2.75) is 6.54 Å². The van der Waals surface area contributed by atoms with Gasteiger partial charge in [-0.3, -0.25) is 9.59 Å². The Balaban J connectivity index is 2.12. The molecule has 0 spiro atoms. The smallest absolute Gasteiger partial charge is 0.299 e. The molecule has 1 amide bonds. The Bertz CT molecular complexity index is 848. The summed E-state index contributed by atoms with van der Waals surface area (Å²) in [7, 11) is 4.34. The molecule has 0 unspecified atom stereocenters. The standard InChI is InChI=1S/C18H16ClNO5/c1-23-13-8-12-14(17(25-3)16(13)24-2)15(21)18(22)20(12)9-10-4-6-11(19)7-5-10/h4-8H,9H2,1-3H3. The number of nitrogens with zero attached hydrogens (tertiary/aromatic N) is 1. The highest BCUT2D eigenvalue weighted by molar-refractivity contribution is 6.53. The summed E-state index contributed by atoms with van der Waals surface area (Å²) in [6.07, 6.45) is 0. The Labute approximate surface area is 149 Å². The maximum absolute atomic E-state index is 12.5. The van der Waals surface area contributed by atoms with E-state index in [2.05, 4.69) is 0 Å². The van der Waals surface area contributed by atoms with Gasteiger partial charge in [0.2, 0.25) is 5.75 Å². The van der Waals surface area contributed by atoms with Gasteiger partial charge in [0.05, 0.1) is 39.1 Å². The molecule has 3 rings (SSSR count). The summed E-state index contributed by atoms with van der Waals surface area (Å²) < 4.78 is 15.9. The van der Waals surface area contributed by atoms with Crippen LogP contribution in [0.1, 0.15) is 15.9 Å². The third-order valence-corrected chi connectivity index (χ3v) is 4.27. The maximum atomic E-state index is 12.5. The second-order valence-electron chi connectivity index (χ2n) is 5.39. The van der Waals surface area contributed by atoms with Gasteiger partial charge in [-0.25, -0.2) is 0 Å². The number of hydrogen-bond acceptors (Lipinski definition) is 5. The minimum Gasteiger partial charge on any atom is -0.493 e. The van der Waals surface area contributed by atoms with Gasteiger partial charge in [-0.15, -0.1) is 0 Å². The van der Waals surface area contributed by atoms with Crippen molar-refractivity contribution in [2.24, 2.45) is 0 Å².